The van der Waals surface area contributed by atoms with Crippen LogP contribution in [-0.2, 0) is 19.5 Å². The number of ether oxygens (including phenoxy) is 3. The van der Waals surface area contributed by atoms with Gasteiger partial charge in [0.2, 0.25) is 0 Å². The molecule has 1 N–H and O–H groups in total. The molecule has 0 spiro atoms. The summed E-state index contributed by atoms with van der Waals surface area (Å²) in [7, 11) is 4.92. The smallest absolute Gasteiger partial charge is 0.274 e. The summed E-state index contributed by atoms with van der Waals surface area (Å²) in [5, 5.41) is 3.29. The van der Waals surface area contributed by atoms with E-state index >= 15 is 0 Å². The molecule has 0 saturated carbocycles. The molecule has 2 aromatic carbocycles. The second kappa shape index (κ2) is 8.05. The number of hydrogen-bond donors (Lipinski definition) is 1. The number of fused-ring (bicyclic) bond motifs is 1. The van der Waals surface area contributed by atoms with E-state index in [1.165, 1.54) is 0 Å². The van der Waals surface area contributed by atoms with Crippen LogP contribution in [0.3, 0.4) is 0 Å². The van der Waals surface area contributed by atoms with Gasteiger partial charge in [-0.05, 0) is 36.2 Å². The highest BCUT2D eigenvalue weighted by molar-refractivity contribution is 5.40. The second-order valence-electron chi connectivity index (χ2n) is 7.09. The van der Waals surface area contributed by atoms with Crippen molar-refractivity contribution in [2.45, 2.75) is 19.5 Å². The summed E-state index contributed by atoms with van der Waals surface area (Å²) in [6, 6.07) is 13.4. The maximum absolute atomic E-state index is 12.9. The van der Waals surface area contributed by atoms with Gasteiger partial charge in [-0.2, -0.15) is 0 Å². The summed E-state index contributed by atoms with van der Waals surface area (Å²) in [6.45, 7) is 2.25. The molecule has 2 heterocycles. The minimum absolute atomic E-state index is 0.0101. The highest BCUT2D eigenvalue weighted by atomic mass is 16.5. The van der Waals surface area contributed by atoms with Crippen LogP contribution in [-0.4, -0.2) is 42.6 Å². The number of nitrogens with zero attached hydrogens (tertiary/aromatic N) is 2. The van der Waals surface area contributed by atoms with Crippen LogP contribution in [0.15, 0.2) is 47.3 Å². The third-order valence-corrected chi connectivity index (χ3v) is 5.26. The van der Waals surface area contributed by atoms with E-state index in [1.54, 1.807) is 26.0 Å². The molecule has 4 rings (SSSR count). The predicted octanol–water partition coefficient (Wildman–Crippen LogP) is 2.75. The molecule has 0 amide bonds. The van der Waals surface area contributed by atoms with Crippen LogP contribution in [0.2, 0.25) is 0 Å². The van der Waals surface area contributed by atoms with E-state index in [4.69, 9.17) is 14.2 Å². The summed E-state index contributed by atoms with van der Waals surface area (Å²) in [5.74, 6) is 2.26. The van der Waals surface area contributed by atoms with E-state index in [9.17, 15) is 4.79 Å². The van der Waals surface area contributed by atoms with E-state index in [0.29, 0.717) is 13.0 Å². The summed E-state index contributed by atoms with van der Waals surface area (Å²) in [6.07, 6.45) is 0.711. The lowest BCUT2D eigenvalue weighted by atomic mass is 10.1. The molecule has 7 heteroatoms. The lowest BCUT2D eigenvalue weighted by Crippen LogP contribution is -2.31. The maximum Gasteiger partial charge on any atom is 0.274 e. The molecule has 3 aromatic rings. The van der Waals surface area contributed by atoms with Gasteiger partial charge in [0.05, 0.1) is 32.7 Å². The topological polar surface area (TPSA) is 68.7 Å². The van der Waals surface area contributed by atoms with Crippen LogP contribution in [0.25, 0.3) is 5.69 Å². The fourth-order valence-corrected chi connectivity index (χ4v) is 3.76. The van der Waals surface area contributed by atoms with Gasteiger partial charge in [-0.15, -0.1) is 0 Å². The van der Waals surface area contributed by atoms with E-state index in [0.717, 1.165) is 52.8 Å². The monoisotopic (exact) mass is 395 g/mol. The fourth-order valence-electron chi connectivity index (χ4n) is 3.76. The summed E-state index contributed by atoms with van der Waals surface area (Å²) in [5.41, 5.74) is 3.70. The number of benzene rings is 2. The second-order valence-corrected chi connectivity index (χ2v) is 7.09. The van der Waals surface area contributed by atoms with Crippen molar-refractivity contribution >= 4 is 0 Å². The van der Waals surface area contributed by atoms with Crippen molar-refractivity contribution in [3.63, 3.8) is 0 Å². The van der Waals surface area contributed by atoms with Crippen LogP contribution in [0.5, 0.6) is 17.2 Å². The van der Waals surface area contributed by atoms with Gasteiger partial charge in [-0.3, -0.25) is 14.8 Å². The Labute approximate surface area is 169 Å². The van der Waals surface area contributed by atoms with E-state index in [-0.39, 0.29) is 5.56 Å². The molecule has 0 aliphatic carbocycles. The fraction of sp³-hybridized carbons (Fsp3) is 0.318. The Morgan fingerprint density at radius 1 is 0.966 bits per heavy atom. The van der Waals surface area contributed by atoms with Crippen molar-refractivity contribution in [2.75, 3.05) is 27.9 Å². The standard InChI is InChI=1S/C22H25N3O4/c1-27-17-6-4-5-16(11-17)25-22(26)20-7-8-24(14-21(20)23-25)13-15-9-18(28-2)12-19(10-15)29-3/h4-6,9-12,23H,7-8,13-14H2,1-3H3. The average Bonchev–Trinajstić information content (AvgIpc) is 3.09. The molecule has 0 saturated heterocycles. The van der Waals surface area contributed by atoms with Crippen LogP contribution >= 0.6 is 0 Å². The number of aromatic amines is 1. The first-order valence-electron chi connectivity index (χ1n) is 9.52. The zero-order valence-electron chi connectivity index (χ0n) is 16.9. The first-order valence-corrected chi connectivity index (χ1v) is 9.52. The van der Waals surface area contributed by atoms with Crippen molar-refractivity contribution in [1.29, 1.82) is 0 Å². The largest absolute Gasteiger partial charge is 0.497 e. The van der Waals surface area contributed by atoms with Crippen molar-refractivity contribution in [1.82, 2.24) is 14.7 Å². The van der Waals surface area contributed by atoms with Crippen LogP contribution in [0, 0.1) is 0 Å². The molecule has 1 aromatic heterocycles. The first kappa shape index (κ1) is 19.1. The number of aromatic nitrogens is 2. The van der Waals surface area contributed by atoms with E-state index in [1.807, 2.05) is 42.5 Å². The quantitative estimate of drug-likeness (QED) is 0.695. The zero-order valence-corrected chi connectivity index (χ0v) is 16.9. The normalized spacial score (nSPS) is 13.8. The summed E-state index contributed by atoms with van der Waals surface area (Å²) < 4.78 is 17.6. The molecule has 0 bridgehead atoms. The predicted molar refractivity (Wildman–Crippen MR) is 110 cm³/mol. The molecule has 0 radical (unpaired) electrons. The van der Waals surface area contributed by atoms with Crippen molar-refractivity contribution in [2.24, 2.45) is 0 Å². The highest BCUT2D eigenvalue weighted by Gasteiger charge is 2.23. The third-order valence-electron chi connectivity index (χ3n) is 5.26. The van der Waals surface area contributed by atoms with Crippen LogP contribution < -0.4 is 19.8 Å². The van der Waals surface area contributed by atoms with E-state index < -0.39 is 0 Å². The van der Waals surface area contributed by atoms with Crippen molar-refractivity contribution in [3.05, 3.63) is 69.6 Å². The van der Waals surface area contributed by atoms with Gasteiger partial charge in [-0.1, -0.05) is 6.07 Å². The van der Waals surface area contributed by atoms with Gasteiger partial charge in [0.25, 0.3) is 5.56 Å². The van der Waals surface area contributed by atoms with Gasteiger partial charge < -0.3 is 14.2 Å². The minimum Gasteiger partial charge on any atom is -0.497 e. The molecule has 29 heavy (non-hydrogen) atoms. The Bertz CT molecular complexity index is 1050. The van der Waals surface area contributed by atoms with Crippen LogP contribution in [0.1, 0.15) is 16.8 Å². The van der Waals surface area contributed by atoms with Gasteiger partial charge >= 0.3 is 0 Å². The Hall–Kier alpha value is -3.19. The molecule has 1 aliphatic heterocycles. The molecular formula is C22H25N3O4. The molecule has 0 unspecified atom stereocenters. The molecule has 0 atom stereocenters. The number of H-pyrrole nitrogens is 1. The number of hydrogen-bond acceptors (Lipinski definition) is 5. The SMILES string of the molecule is COc1cc(CN2CCc3c([nH]n(-c4cccc(OC)c4)c3=O)C2)cc(OC)c1. The first-order chi connectivity index (χ1) is 14.1. The zero-order chi connectivity index (χ0) is 20.4. The Kier molecular flexibility index (Phi) is 5.31. The highest BCUT2D eigenvalue weighted by Crippen LogP contribution is 2.25. The molecular weight excluding hydrogens is 370 g/mol. The van der Waals surface area contributed by atoms with Gasteiger partial charge in [0.1, 0.15) is 17.2 Å². The summed E-state index contributed by atoms with van der Waals surface area (Å²) in [4.78, 5) is 15.2. The Balaban J connectivity index is 1.57. The number of methoxy groups -OCH3 is 3. The molecule has 7 nitrogen and oxygen atoms in total. The lowest BCUT2D eigenvalue weighted by molar-refractivity contribution is 0.241. The minimum atomic E-state index is 0.0101. The van der Waals surface area contributed by atoms with E-state index in [2.05, 4.69) is 10.00 Å². The maximum atomic E-state index is 12.9. The molecule has 0 fully saturated rings. The Morgan fingerprint density at radius 2 is 1.69 bits per heavy atom. The van der Waals surface area contributed by atoms with Crippen LogP contribution in [0.4, 0.5) is 0 Å². The molecule has 1 aliphatic rings. The summed E-state index contributed by atoms with van der Waals surface area (Å²) >= 11 is 0. The Morgan fingerprint density at radius 3 is 2.38 bits per heavy atom. The van der Waals surface area contributed by atoms with Crippen molar-refractivity contribution in [3.8, 4) is 22.9 Å². The van der Waals surface area contributed by atoms with Gasteiger partial charge in [-0.25, -0.2) is 4.68 Å². The molecule has 152 valence electrons. The van der Waals surface area contributed by atoms with Gasteiger partial charge in [0.15, 0.2) is 0 Å². The average molecular weight is 395 g/mol. The third kappa shape index (κ3) is 3.86. The van der Waals surface area contributed by atoms with Crippen molar-refractivity contribution < 1.29 is 14.2 Å². The number of nitrogens with one attached hydrogen (secondary N) is 1. The number of rotatable bonds is 6. The lowest BCUT2D eigenvalue weighted by Gasteiger charge is -2.26. The van der Waals surface area contributed by atoms with Gasteiger partial charge in [0, 0.05) is 37.3 Å².